The first-order valence-corrected chi connectivity index (χ1v) is 14.2. The normalized spacial score (nSPS) is 22.8. The maximum atomic E-state index is 12.1. The van der Waals surface area contributed by atoms with Crippen LogP contribution in [0.3, 0.4) is 0 Å². The number of nitrogens with zero attached hydrogens (tertiary/aromatic N) is 6. The Morgan fingerprint density at radius 2 is 2.10 bits per heavy atom. The average molecular weight is 547 g/mol. The van der Waals surface area contributed by atoms with Gasteiger partial charge in [0.2, 0.25) is 5.91 Å². The summed E-state index contributed by atoms with van der Waals surface area (Å²) in [6.07, 6.45) is 5.48. The number of pyridine rings is 1. The molecule has 0 saturated carbocycles. The molecule has 1 spiro atoms. The number of anilines is 1. The van der Waals surface area contributed by atoms with Crippen molar-refractivity contribution in [1.82, 2.24) is 19.7 Å². The fourth-order valence-corrected chi connectivity index (χ4v) is 7.31. The molecule has 1 atom stereocenters. The lowest BCUT2D eigenvalue weighted by Crippen LogP contribution is -2.59. The Bertz CT molecular complexity index is 1360. The molecule has 3 fully saturated rings. The van der Waals surface area contributed by atoms with Gasteiger partial charge in [0.05, 0.1) is 5.69 Å². The summed E-state index contributed by atoms with van der Waals surface area (Å²) in [7, 11) is 2.19. The number of halogens is 1. The van der Waals surface area contributed by atoms with Crippen LogP contribution in [-0.4, -0.2) is 89.6 Å². The lowest BCUT2D eigenvalue weighted by molar-refractivity contribution is -0.136. The molecule has 4 aliphatic heterocycles. The van der Waals surface area contributed by atoms with Crippen molar-refractivity contribution in [2.45, 2.75) is 38.3 Å². The number of phenolic OH excluding ortho intramolecular Hbond substituents is 1. The topological polar surface area (TPSA) is 86.9 Å². The van der Waals surface area contributed by atoms with Gasteiger partial charge >= 0.3 is 0 Å². The van der Waals surface area contributed by atoms with E-state index in [1.165, 1.54) is 18.9 Å². The highest BCUT2D eigenvalue weighted by atomic mass is 35.5. The molecule has 0 aliphatic carbocycles. The summed E-state index contributed by atoms with van der Waals surface area (Å²) in [4.78, 5) is 26.3. The van der Waals surface area contributed by atoms with Gasteiger partial charge in [-0.3, -0.25) is 9.69 Å². The number of hydrogen-bond acceptors (Lipinski definition) is 7. The van der Waals surface area contributed by atoms with E-state index in [-0.39, 0.29) is 17.1 Å². The molecule has 1 amide bonds. The van der Waals surface area contributed by atoms with Crippen LogP contribution in [0.25, 0.3) is 11.1 Å². The summed E-state index contributed by atoms with van der Waals surface area (Å²) in [6.45, 7) is 10.4. The van der Waals surface area contributed by atoms with E-state index in [4.69, 9.17) is 16.6 Å². The van der Waals surface area contributed by atoms with Crippen molar-refractivity contribution in [3.63, 3.8) is 0 Å². The maximum Gasteiger partial charge on any atom is 0.245 e. The summed E-state index contributed by atoms with van der Waals surface area (Å²) in [5.74, 6) is 0.784. The summed E-state index contributed by atoms with van der Waals surface area (Å²) in [5, 5.41) is 21.4. The number of likely N-dealkylation sites (tertiary alicyclic amines) is 2. The number of nitriles is 1. The second-order valence-corrected chi connectivity index (χ2v) is 12.1. The number of benzene rings is 1. The molecule has 0 bridgehead atoms. The minimum Gasteiger partial charge on any atom is -0.508 e. The Labute approximate surface area is 235 Å². The van der Waals surface area contributed by atoms with Gasteiger partial charge in [0.1, 0.15) is 23.2 Å². The van der Waals surface area contributed by atoms with E-state index in [0.29, 0.717) is 41.1 Å². The molecule has 0 radical (unpaired) electrons. The Balaban J connectivity index is 1.40. The third-order valence-corrected chi connectivity index (χ3v) is 9.42. The van der Waals surface area contributed by atoms with Crippen LogP contribution in [0.2, 0.25) is 5.02 Å². The largest absolute Gasteiger partial charge is 0.508 e. The SMILES string of the molecule is C=CC(=O)N1CC2(CCN(c3nc4c(c(-c5cc(O)ccc5Cl)c3C#N)CCN(C3CCCN(C)C3)C4)C2)C1. The molecule has 6 rings (SSSR count). The standard InChI is InChI=1S/C30H35ClN6O2/c1-3-27(39)37-18-30(19-37)9-12-36(17-30)29-24(14-32)28(23-13-21(38)6-7-25(23)31)22-8-11-35(16-26(22)33-29)20-5-4-10-34(2)15-20/h3,6-7,13,20,38H,1,4-5,8-12,15-19H2,2H3. The molecule has 1 aromatic heterocycles. The van der Waals surface area contributed by atoms with Crippen LogP contribution in [0, 0.1) is 16.7 Å². The molecule has 204 valence electrons. The van der Waals surface area contributed by atoms with E-state index in [1.54, 1.807) is 18.2 Å². The van der Waals surface area contributed by atoms with Gasteiger partial charge in [-0.1, -0.05) is 18.2 Å². The summed E-state index contributed by atoms with van der Waals surface area (Å²) in [6, 6.07) is 7.90. The van der Waals surface area contributed by atoms with E-state index in [2.05, 4.69) is 34.4 Å². The number of aromatic hydroxyl groups is 1. The van der Waals surface area contributed by atoms with Crippen molar-refractivity contribution in [3.05, 3.63) is 52.7 Å². The Hall–Kier alpha value is -3.12. The van der Waals surface area contributed by atoms with Crippen molar-refractivity contribution in [1.29, 1.82) is 5.26 Å². The van der Waals surface area contributed by atoms with Gasteiger partial charge in [-0.05, 0) is 69.1 Å². The van der Waals surface area contributed by atoms with Crippen LogP contribution in [-0.2, 0) is 17.8 Å². The molecule has 2 aromatic rings. The maximum absolute atomic E-state index is 12.1. The summed E-state index contributed by atoms with van der Waals surface area (Å²) >= 11 is 6.70. The number of aromatic nitrogens is 1. The second kappa shape index (κ2) is 10.1. The first kappa shape index (κ1) is 26.1. The fourth-order valence-electron chi connectivity index (χ4n) is 7.09. The average Bonchev–Trinajstić information content (AvgIpc) is 3.38. The fraction of sp³-hybridized carbons (Fsp3) is 0.500. The number of fused-ring (bicyclic) bond motifs is 1. The summed E-state index contributed by atoms with van der Waals surface area (Å²) < 4.78 is 0. The third-order valence-electron chi connectivity index (χ3n) is 9.09. The van der Waals surface area contributed by atoms with E-state index in [0.717, 1.165) is 68.9 Å². The molecule has 9 heteroatoms. The van der Waals surface area contributed by atoms with Crippen LogP contribution in [0.4, 0.5) is 5.82 Å². The lowest BCUT2D eigenvalue weighted by atomic mass is 9.79. The number of piperidine rings is 1. The second-order valence-electron chi connectivity index (χ2n) is 11.7. The van der Waals surface area contributed by atoms with Gasteiger partial charge in [-0.2, -0.15) is 5.26 Å². The van der Waals surface area contributed by atoms with Crippen LogP contribution in [0.1, 0.15) is 36.1 Å². The van der Waals surface area contributed by atoms with Crippen molar-refractivity contribution < 1.29 is 9.90 Å². The van der Waals surface area contributed by atoms with Gasteiger partial charge in [0, 0.05) is 73.4 Å². The van der Waals surface area contributed by atoms with Crippen LogP contribution >= 0.6 is 11.6 Å². The molecular formula is C30H35ClN6O2. The Kier molecular flexibility index (Phi) is 6.78. The van der Waals surface area contributed by atoms with Crippen molar-refractivity contribution >= 4 is 23.3 Å². The van der Waals surface area contributed by atoms with Gasteiger partial charge in [-0.15, -0.1) is 0 Å². The lowest BCUT2D eigenvalue weighted by Gasteiger charge is -2.47. The minimum atomic E-state index is -0.0297. The highest BCUT2D eigenvalue weighted by Crippen LogP contribution is 2.45. The molecule has 3 saturated heterocycles. The van der Waals surface area contributed by atoms with Crippen LogP contribution in [0.5, 0.6) is 5.75 Å². The number of carbonyl (C=O) groups is 1. The molecule has 1 aromatic carbocycles. The quantitative estimate of drug-likeness (QED) is 0.586. The monoisotopic (exact) mass is 546 g/mol. The zero-order valence-electron chi connectivity index (χ0n) is 22.5. The Morgan fingerprint density at radius 3 is 2.85 bits per heavy atom. The molecule has 4 aliphatic rings. The van der Waals surface area contributed by atoms with Gasteiger partial charge < -0.3 is 19.8 Å². The van der Waals surface area contributed by atoms with Gasteiger partial charge in [0.15, 0.2) is 0 Å². The predicted molar refractivity (Wildman–Crippen MR) is 152 cm³/mol. The molecular weight excluding hydrogens is 512 g/mol. The molecule has 1 unspecified atom stereocenters. The van der Waals surface area contributed by atoms with E-state index >= 15 is 0 Å². The summed E-state index contributed by atoms with van der Waals surface area (Å²) in [5.41, 5.74) is 4.07. The highest BCUT2D eigenvalue weighted by Gasteiger charge is 2.49. The number of phenols is 1. The molecule has 1 N–H and O–H groups in total. The van der Waals surface area contributed by atoms with E-state index in [9.17, 15) is 15.2 Å². The van der Waals surface area contributed by atoms with E-state index < -0.39 is 0 Å². The Morgan fingerprint density at radius 1 is 1.28 bits per heavy atom. The first-order chi connectivity index (χ1) is 18.8. The van der Waals surface area contributed by atoms with Crippen molar-refractivity contribution in [2.24, 2.45) is 5.41 Å². The van der Waals surface area contributed by atoms with E-state index in [1.807, 2.05) is 4.90 Å². The number of amides is 1. The predicted octanol–water partition coefficient (Wildman–Crippen LogP) is 3.66. The zero-order chi connectivity index (χ0) is 27.3. The third kappa shape index (κ3) is 4.67. The number of likely N-dealkylation sites (N-methyl/N-ethyl adjacent to an activating group) is 1. The minimum absolute atomic E-state index is 0.0184. The van der Waals surface area contributed by atoms with Gasteiger partial charge in [-0.25, -0.2) is 4.98 Å². The molecule has 39 heavy (non-hydrogen) atoms. The van der Waals surface area contributed by atoms with Crippen molar-refractivity contribution in [2.75, 3.05) is 57.8 Å². The molecule has 8 nitrogen and oxygen atoms in total. The van der Waals surface area contributed by atoms with Gasteiger partial charge in [0.25, 0.3) is 0 Å². The van der Waals surface area contributed by atoms with Crippen LogP contribution in [0.15, 0.2) is 30.9 Å². The van der Waals surface area contributed by atoms with Crippen molar-refractivity contribution in [3.8, 4) is 22.9 Å². The smallest absolute Gasteiger partial charge is 0.245 e. The zero-order valence-corrected chi connectivity index (χ0v) is 23.3. The number of carbonyl (C=O) groups excluding carboxylic acids is 1. The van der Waals surface area contributed by atoms with Crippen LogP contribution < -0.4 is 4.90 Å². The number of hydrogen-bond donors (Lipinski definition) is 1. The molecule has 5 heterocycles. The first-order valence-electron chi connectivity index (χ1n) is 13.8. The number of rotatable bonds is 4. The highest BCUT2D eigenvalue weighted by molar-refractivity contribution is 6.33.